The molecule has 162 valence electrons. The summed E-state index contributed by atoms with van der Waals surface area (Å²) in [5.74, 6) is 2.02. The van der Waals surface area contributed by atoms with Gasteiger partial charge in [-0.05, 0) is 49.5 Å². The zero-order valence-corrected chi connectivity index (χ0v) is 18.6. The number of guanidine groups is 1. The maximum Gasteiger partial charge on any atom is 0.243 e. The molecule has 7 heteroatoms. The van der Waals surface area contributed by atoms with Crippen molar-refractivity contribution in [3.05, 3.63) is 29.8 Å². The maximum atomic E-state index is 12.0. The van der Waals surface area contributed by atoms with E-state index in [1.807, 2.05) is 12.1 Å². The van der Waals surface area contributed by atoms with Crippen LogP contribution in [0.1, 0.15) is 38.3 Å². The Morgan fingerprint density at radius 1 is 1.21 bits per heavy atom. The highest BCUT2D eigenvalue weighted by Gasteiger charge is 2.24. The molecule has 0 aliphatic carbocycles. The van der Waals surface area contributed by atoms with Crippen molar-refractivity contribution in [1.29, 1.82) is 0 Å². The van der Waals surface area contributed by atoms with Gasteiger partial charge in [-0.15, -0.1) is 0 Å². The van der Waals surface area contributed by atoms with Gasteiger partial charge in [-0.25, -0.2) is 4.99 Å². The van der Waals surface area contributed by atoms with Crippen molar-refractivity contribution in [2.45, 2.75) is 32.7 Å². The van der Waals surface area contributed by atoms with Crippen LogP contribution in [-0.2, 0) is 4.79 Å². The summed E-state index contributed by atoms with van der Waals surface area (Å²) >= 11 is 0. The van der Waals surface area contributed by atoms with E-state index in [-0.39, 0.29) is 18.5 Å². The van der Waals surface area contributed by atoms with E-state index < -0.39 is 0 Å². The zero-order valence-electron chi connectivity index (χ0n) is 18.6. The van der Waals surface area contributed by atoms with Crippen LogP contribution in [0.4, 0.5) is 0 Å². The second-order valence-electron chi connectivity index (χ2n) is 8.14. The molecule has 1 aromatic carbocycles. The Morgan fingerprint density at radius 3 is 2.52 bits per heavy atom. The lowest BCUT2D eigenvalue weighted by Crippen LogP contribution is -2.44. The molecular weight excluding hydrogens is 366 g/mol. The summed E-state index contributed by atoms with van der Waals surface area (Å²) in [6.45, 7) is 8.14. The monoisotopic (exact) mass is 403 g/mol. The van der Waals surface area contributed by atoms with E-state index in [9.17, 15) is 4.79 Å². The van der Waals surface area contributed by atoms with Gasteiger partial charge >= 0.3 is 0 Å². The number of amides is 1. The molecule has 1 aliphatic heterocycles. The lowest BCUT2D eigenvalue weighted by atomic mass is 10.1. The minimum Gasteiger partial charge on any atom is -0.497 e. The van der Waals surface area contributed by atoms with Crippen LogP contribution < -0.4 is 15.4 Å². The van der Waals surface area contributed by atoms with Gasteiger partial charge in [0.1, 0.15) is 12.3 Å². The van der Waals surface area contributed by atoms with Crippen LogP contribution in [0, 0.1) is 5.92 Å². The lowest BCUT2D eigenvalue weighted by molar-refractivity contribution is -0.127. The normalized spacial score (nSPS) is 16.0. The predicted octanol–water partition coefficient (Wildman–Crippen LogP) is 2.11. The van der Waals surface area contributed by atoms with Crippen molar-refractivity contribution in [3.8, 4) is 5.75 Å². The van der Waals surface area contributed by atoms with Crippen molar-refractivity contribution in [3.63, 3.8) is 0 Å². The molecule has 0 spiro atoms. The van der Waals surface area contributed by atoms with Crippen molar-refractivity contribution < 1.29 is 9.53 Å². The van der Waals surface area contributed by atoms with Crippen molar-refractivity contribution in [2.24, 2.45) is 10.9 Å². The summed E-state index contributed by atoms with van der Waals surface area (Å²) < 4.78 is 5.43. The van der Waals surface area contributed by atoms with Crippen LogP contribution in [-0.4, -0.2) is 75.6 Å². The molecule has 1 heterocycles. The van der Waals surface area contributed by atoms with Gasteiger partial charge in [-0.1, -0.05) is 26.0 Å². The largest absolute Gasteiger partial charge is 0.497 e. The van der Waals surface area contributed by atoms with E-state index >= 15 is 0 Å². The number of nitrogens with one attached hydrogen (secondary N) is 2. The molecule has 2 N–H and O–H groups in total. The van der Waals surface area contributed by atoms with Crippen LogP contribution >= 0.6 is 0 Å². The first-order valence-electron chi connectivity index (χ1n) is 10.5. The van der Waals surface area contributed by atoms with Gasteiger partial charge < -0.3 is 20.3 Å². The number of methoxy groups -OCH3 is 1. The number of carbonyl (C=O) groups is 1. The number of likely N-dealkylation sites (tertiary alicyclic amines) is 1. The lowest BCUT2D eigenvalue weighted by Gasteiger charge is -2.29. The Labute approximate surface area is 175 Å². The van der Waals surface area contributed by atoms with Gasteiger partial charge in [-0.3, -0.25) is 9.69 Å². The molecule has 1 aliphatic rings. The fourth-order valence-electron chi connectivity index (χ4n) is 3.32. The second kappa shape index (κ2) is 11.7. The van der Waals surface area contributed by atoms with Gasteiger partial charge in [0.2, 0.25) is 5.91 Å². The first-order chi connectivity index (χ1) is 13.9. The summed E-state index contributed by atoms with van der Waals surface area (Å²) in [7, 11) is 5.20. The molecule has 0 radical (unpaired) electrons. The fourth-order valence-corrected chi connectivity index (χ4v) is 3.32. The molecule has 7 nitrogen and oxygen atoms in total. The summed E-state index contributed by atoms with van der Waals surface area (Å²) in [5.41, 5.74) is 1.23. The number of ether oxygens (including phenoxy) is 1. The third kappa shape index (κ3) is 7.57. The molecule has 1 atom stereocenters. The van der Waals surface area contributed by atoms with E-state index in [4.69, 9.17) is 4.74 Å². The third-order valence-electron chi connectivity index (χ3n) is 5.07. The molecule has 1 fully saturated rings. The molecule has 1 saturated heterocycles. The molecule has 0 bridgehead atoms. The van der Waals surface area contributed by atoms with Crippen LogP contribution in [0.2, 0.25) is 0 Å². The van der Waals surface area contributed by atoms with E-state index in [0.29, 0.717) is 18.4 Å². The van der Waals surface area contributed by atoms with Crippen LogP contribution in [0.5, 0.6) is 5.75 Å². The standard InChI is InChI=1S/C22H37N5O2/c1-17(2)14-23-22(25-16-21(28)26(3)4)24-15-20(27-11-6-7-12-27)18-9-8-10-19(13-18)29-5/h8-10,13,17,20H,6-7,11-12,14-16H2,1-5H3,(H2,23,24,25). The van der Waals surface area contributed by atoms with Crippen LogP contribution in [0.25, 0.3) is 0 Å². The van der Waals surface area contributed by atoms with Gasteiger partial charge in [0, 0.05) is 27.2 Å². The van der Waals surface area contributed by atoms with Crippen LogP contribution in [0.3, 0.4) is 0 Å². The second-order valence-corrected chi connectivity index (χ2v) is 8.14. The summed E-state index contributed by atoms with van der Waals surface area (Å²) in [4.78, 5) is 20.5. The number of rotatable bonds is 9. The van der Waals surface area contributed by atoms with E-state index in [2.05, 4.69) is 46.5 Å². The van der Waals surface area contributed by atoms with E-state index in [1.165, 1.54) is 18.4 Å². The molecule has 1 amide bonds. The molecule has 1 unspecified atom stereocenters. The Hall–Kier alpha value is -2.28. The molecule has 29 heavy (non-hydrogen) atoms. The minimum absolute atomic E-state index is 0.0143. The van der Waals surface area contributed by atoms with E-state index in [0.717, 1.165) is 25.4 Å². The smallest absolute Gasteiger partial charge is 0.243 e. The first-order valence-corrected chi connectivity index (χ1v) is 10.5. The number of hydrogen-bond donors (Lipinski definition) is 2. The Kier molecular flexibility index (Phi) is 9.25. The van der Waals surface area contributed by atoms with Crippen molar-refractivity contribution in [2.75, 3.05) is 53.9 Å². The number of likely N-dealkylation sites (N-methyl/N-ethyl adjacent to an activating group) is 1. The fraction of sp³-hybridized carbons (Fsp3) is 0.636. The first kappa shape index (κ1) is 23.0. The highest BCUT2D eigenvalue weighted by atomic mass is 16.5. The summed E-state index contributed by atoms with van der Waals surface area (Å²) in [6, 6.07) is 8.50. The number of benzene rings is 1. The van der Waals surface area contributed by atoms with E-state index in [1.54, 1.807) is 26.1 Å². The quantitative estimate of drug-likeness (QED) is 0.488. The predicted molar refractivity (Wildman–Crippen MR) is 118 cm³/mol. The molecule has 0 saturated carbocycles. The number of hydrogen-bond acceptors (Lipinski definition) is 4. The highest BCUT2D eigenvalue weighted by Crippen LogP contribution is 2.27. The molecule has 0 aromatic heterocycles. The molecular formula is C22H37N5O2. The molecule has 1 aromatic rings. The zero-order chi connectivity index (χ0) is 21.2. The SMILES string of the molecule is COc1cccc(C(CNC(=NCC(=O)N(C)C)NCC(C)C)N2CCCC2)c1. The highest BCUT2D eigenvalue weighted by molar-refractivity contribution is 5.84. The molecule has 2 rings (SSSR count). The van der Waals surface area contributed by atoms with Gasteiger partial charge in [0.05, 0.1) is 13.2 Å². The number of carbonyl (C=O) groups excluding carboxylic acids is 1. The Balaban J connectivity index is 2.13. The number of nitrogens with zero attached hydrogens (tertiary/aromatic N) is 3. The Morgan fingerprint density at radius 2 is 1.90 bits per heavy atom. The third-order valence-corrected chi connectivity index (χ3v) is 5.07. The summed E-state index contributed by atoms with van der Waals surface area (Å²) in [6.07, 6.45) is 2.45. The van der Waals surface area contributed by atoms with Gasteiger partial charge in [0.15, 0.2) is 5.96 Å². The average molecular weight is 404 g/mol. The average Bonchev–Trinajstić information content (AvgIpc) is 3.23. The summed E-state index contributed by atoms with van der Waals surface area (Å²) in [5, 5.41) is 6.83. The van der Waals surface area contributed by atoms with Crippen molar-refractivity contribution >= 4 is 11.9 Å². The van der Waals surface area contributed by atoms with Gasteiger partial charge in [-0.2, -0.15) is 0 Å². The Bertz CT molecular complexity index is 669. The minimum atomic E-state index is -0.0143. The van der Waals surface area contributed by atoms with Crippen LogP contribution in [0.15, 0.2) is 29.3 Å². The van der Waals surface area contributed by atoms with Gasteiger partial charge in [0.25, 0.3) is 0 Å². The maximum absolute atomic E-state index is 12.0. The topological polar surface area (TPSA) is 69.2 Å². The number of aliphatic imine (C=N–C) groups is 1. The van der Waals surface area contributed by atoms with Crippen molar-refractivity contribution in [1.82, 2.24) is 20.4 Å².